The first-order valence-electron chi connectivity index (χ1n) is 13.0. The first-order valence-corrected chi connectivity index (χ1v) is 13.0. The summed E-state index contributed by atoms with van der Waals surface area (Å²) in [6.07, 6.45) is 9.94. The Bertz CT molecular complexity index is 1020. The summed E-state index contributed by atoms with van der Waals surface area (Å²) in [7, 11) is 0. The van der Waals surface area contributed by atoms with Crippen LogP contribution in [0.4, 0.5) is 0 Å². The fourth-order valence-electron chi connectivity index (χ4n) is 7.16. The molecule has 5 heterocycles. The highest BCUT2D eigenvalue weighted by Gasteiger charge is 2.45. The quantitative estimate of drug-likeness (QED) is 0.780. The van der Waals surface area contributed by atoms with Crippen LogP contribution < -0.4 is 0 Å². The number of aromatic nitrogens is 1. The van der Waals surface area contributed by atoms with Crippen LogP contribution in [0, 0.1) is 11.8 Å². The van der Waals surface area contributed by atoms with E-state index in [4.69, 9.17) is 0 Å². The number of carbonyl (C=O) groups excluding carboxylic acids is 2. The number of piperidine rings is 4. The van der Waals surface area contributed by atoms with Crippen molar-refractivity contribution in [3.05, 3.63) is 36.0 Å². The van der Waals surface area contributed by atoms with Crippen LogP contribution in [-0.4, -0.2) is 76.3 Å². The van der Waals surface area contributed by atoms with Gasteiger partial charge in [-0.2, -0.15) is 0 Å². The second-order valence-corrected chi connectivity index (χ2v) is 10.8. The number of amides is 2. The minimum Gasteiger partial charge on any atom is -0.361 e. The molecule has 1 aromatic carbocycles. The number of H-pyrrole nitrogens is 1. The fourth-order valence-corrected chi connectivity index (χ4v) is 7.16. The predicted molar refractivity (Wildman–Crippen MR) is 129 cm³/mol. The van der Waals surface area contributed by atoms with Crippen LogP contribution in [0.2, 0.25) is 0 Å². The molecule has 1 aromatic heterocycles. The van der Waals surface area contributed by atoms with Gasteiger partial charge in [0.15, 0.2) is 0 Å². The van der Waals surface area contributed by atoms with Crippen LogP contribution in [-0.2, 0) is 16.0 Å². The van der Waals surface area contributed by atoms with Gasteiger partial charge in [0.05, 0.1) is 0 Å². The average Bonchev–Trinajstić information content (AvgIpc) is 3.26. The number of para-hydroxylation sites is 1. The summed E-state index contributed by atoms with van der Waals surface area (Å²) >= 11 is 0. The molecule has 6 rings (SSSR count). The lowest BCUT2D eigenvalue weighted by molar-refractivity contribution is -0.146. The summed E-state index contributed by atoms with van der Waals surface area (Å²) < 4.78 is 0. The van der Waals surface area contributed by atoms with Gasteiger partial charge in [-0.25, -0.2) is 0 Å². The standard InChI is InChI=1S/C27H36N4O2/c32-26(9-8-20-15-28-24-5-2-1-4-23(20)24)29-12-10-22(11-13-29)30-16-19-14-21(18-30)25-6-3-7-27(33)31(25)17-19/h1-2,4-5,15,19,21-22,25,28H,3,6-14,16-18H2/t19-,21-,25-/m1/s1. The molecule has 6 nitrogen and oxygen atoms in total. The Kier molecular flexibility index (Phi) is 5.65. The van der Waals surface area contributed by atoms with E-state index in [1.165, 1.54) is 23.8 Å². The number of rotatable bonds is 4. The van der Waals surface area contributed by atoms with Crippen molar-refractivity contribution in [3.8, 4) is 0 Å². The van der Waals surface area contributed by atoms with E-state index < -0.39 is 0 Å². The lowest BCUT2D eigenvalue weighted by Crippen LogP contribution is -2.62. The van der Waals surface area contributed by atoms with Gasteiger partial charge in [-0.15, -0.1) is 0 Å². The number of fused-ring (bicyclic) bond motifs is 5. The van der Waals surface area contributed by atoms with Gasteiger partial charge in [-0.05, 0) is 62.0 Å². The number of likely N-dealkylation sites (tertiary alicyclic amines) is 2. The highest BCUT2D eigenvalue weighted by atomic mass is 16.2. The number of nitrogens with zero attached hydrogens (tertiary/aromatic N) is 3. The second kappa shape index (κ2) is 8.79. The largest absolute Gasteiger partial charge is 0.361 e. The third kappa shape index (κ3) is 4.07. The molecule has 6 heteroatoms. The highest BCUT2D eigenvalue weighted by Crippen LogP contribution is 2.39. The Balaban J connectivity index is 1.01. The Morgan fingerprint density at radius 3 is 2.79 bits per heavy atom. The Labute approximate surface area is 196 Å². The monoisotopic (exact) mass is 448 g/mol. The molecule has 0 radical (unpaired) electrons. The van der Waals surface area contributed by atoms with Gasteiger partial charge < -0.3 is 14.8 Å². The summed E-state index contributed by atoms with van der Waals surface area (Å²) in [4.78, 5) is 35.7. The zero-order valence-electron chi connectivity index (χ0n) is 19.5. The van der Waals surface area contributed by atoms with Crippen molar-refractivity contribution in [1.29, 1.82) is 0 Å². The summed E-state index contributed by atoms with van der Waals surface area (Å²) in [6, 6.07) is 9.40. The zero-order valence-corrected chi connectivity index (χ0v) is 19.5. The van der Waals surface area contributed by atoms with Crippen molar-refractivity contribution in [2.24, 2.45) is 11.8 Å². The molecule has 176 valence electrons. The number of nitrogens with one attached hydrogen (secondary N) is 1. The topological polar surface area (TPSA) is 59.7 Å². The lowest BCUT2D eigenvalue weighted by Gasteiger charge is -2.54. The zero-order chi connectivity index (χ0) is 22.4. The SMILES string of the molecule is O=C(CCc1c[nH]c2ccccc12)N1CCC(N2C[C@H]3C[C@H](C2)[C@H]2CCCC(=O)N2C3)CC1. The predicted octanol–water partition coefficient (Wildman–Crippen LogP) is 3.42. The Morgan fingerprint density at radius 2 is 1.91 bits per heavy atom. The molecule has 2 aromatic rings. The first kappa shape index (κ1) is 21.2. The van der Waals surface area contributed by atoms with Gasteiger partial charge in [0, 0.05) is 74.7 Å². The van der Waals surface area contributed by atoms with E-state index in [0.717, 1.165) is 70.3 Å². The van der Waals surface area contributed by atoms with Gasteiger partial charge in [0.25, 0.3) is 0 Å². The molecule has 4 aliphatic heterocycles. The maximum Gasteiger partial charge on any atom is 0.222 e. The summed E-state index contributed by atoms with van der Waals surface area (Å²) in [5, 5.41) is 1.23. The first-order chi connectivity index (χ1) is 16.2. The summed E-state index contributed by atoms with van der Waals surface area (Å²) in [5.41, 5.74) is 2.39. The molecule has 1 N–H and O–H groups in total. The lowest BCUT2D eigenvalue weighted by atomic mass is 9.75. The molecule has 0 spiro atoms. The smallest absolute Gasteiger partial charge is 0.222 e. The minimum absolute atomic E-state index is 0.297. The number of carbonyl (C=O) groups is 2. The molecule has 4 aliphatic rings. The van der Waals surface area contributed by atoms with Gasteiger partial charge in [0.1, 0.15) is 0 Å². The van der Waals surface area contributed by atoms with Crippen molar-refractivity contribution >= 4 is 22.7 Å². The molecular weight excluding hydrogens is 412 g/mol. The normalized spacial score (nSPS) is 28.8. The molecule has 0 aliphatic carbocycles. The molecule has 3 atom stereocenters. The van der Waals surface area contributed by atoms with Crippen molar-refractivity contribution in [2.75, 3.05) is 32.7 Å². The van der Waals surface area contributed by atoms with Gasteiger partial charge in [-0.1, -0.05) is 18.2 Å². The van der Waals surface area contributed by atoms with Crippen LogP contribution in [0.15, 0.2) is 30.5 Å². The maximum atomic E-state index is 12.9. The van der Waals surface area contributed by atoms with E-state index in [1.54, 1.807) is 0 Å². The van der Waals surface area contributed by atoms with E-state index in [1.807, 2.05) is 6.07 Å². The van der Waals surface area contributed by atoms with Crippen LogP contribution >= 0.6 is 0 Å². The van der Waals surface area contributed by atoms with E-state index in [-0.39, 0.29) is 0 Å². The maximum absolute atomic E-state index is 12.9. The van der Waals surface area contributed by atoms with E-state index in [0.29, 0.717) is 42.2 Å². The second-order valence-electron chi connectivity index (χ2n) is 10.8. The highest BCUT2D eigenvalue weighted by molar-refractivity contribution is 5.84. The third-order valence-corrected chi connectivity index (χ3v) is 8.82. The number of aryl methyl sites for hydroxylation is 1. The van der Waals surface area contributed by atoms with Gasteiger partial charge in [0.2, 0.25) is 11.8 Å². The summed E-state index contributed by atoms with van der Waals surface area (Å²) in [5.74, 6) is 1.98. The molecule has 0 saturated carbocycles. The molecule has 4 fully saturated rings. The van der Waals surface area contributed by atoms with Gasteiger partial charge >= 0.3 is 0 Å². The minimum atomic E-state index is 0.297. The fraction of sp³-hybridized carbons (Fsp3) is 0.630. The van der Waals surface area contributed by atoms with Crippen LogP contribution in [0.5, 0.6) is 0 Å². The molecule has 0 unspecified atom stereocenters. The summed E-state index contributed by atoms with van der Waals surface area (Å²) in [6.45, 7) is 5.02. The third-order valence-electron chi connectivity index (χ3n) is 8.82. The molecule has 4 saturated heterocycles. The molecule has 33 heavy (non-hydrogen) atoms. The molecule has 2 amide bonds. The van der Waals surface area contributed by atoms with E-state index in [2.05, 4.69) is 44.1 Å². The van der Waals surface area contributed by atoms with E-state index >= 15 is 0 Å². The van der Waals surface area contributed by atoms with Crippen molar-refractivity contribution in [1.82, 2.24) is 19.7 Å². The number of hydrogen-bond acceptors (Lipinski definition) is 3. The van der Waals surface area contributed by atoms with Crippen LogP contribution in [0.25, 0.3) is 10.9 Å². The molecular formula is C27H36N4O2. The number of benzene rings is 1. The van der Waals surface area contributed by atoms with Crippen LogP contribution in [0.1, 0.15) is 50.5 Å². The number of aromatic amines is 1. The number of hydrogen-bond donors (Lipinski definition) is 1. The average molecular weight is 449 g/mol. The van der Waals surface area contributed by atoms with Gasteiger partial charge in [-0.3, -0.25) is 14.5 Å². The Morgan fingerprint density at radius 1 is 1.06 bits per heavy atom. The Hall–Kier alpha value is -2.34. The van der Waals surface area contributed by atoms with Crippen LogP contribution in [0.3, 0.4) is 0 Å². The van der Waals surface area contributed by atoms with Crippen molar-refractivity contribution in [3.63, 3.8) is 0 Å². The molecule has 2 bridgehead atoms. The van der Waals surface area contributed by atoms with Crippen molar-refractivity contribution < 1.29 is 9.59 Å². The van der Waals surface area contributed by atoms with Crippen molar-refractivity contribution in [2.45, 2.75) is 63.5 Å². The van der Waals surface area contributed by atoms with E-state index in [9.17, 15) is 9.59 Å².